The fraction of sp³-hybridized carbons (Fsp3) is 0.889. The monoisotopic (exact) mass is 178 g/mol. The Hall–Kier alpha value is -0.0400. The van der Waals surface area contributed by atoms with Crippen molar-refractivity contribution in [3.63, 3.8) is 0 Å². The summed E-state index contributed by atoms with van der Waals surface area (Å²) in [6.07, 6.45) is 5.14. The quantitative estimate of drug-likeness (QED) is 0.477. The summed E-state index contributed by atoms with van der Waals surface area (Å²) in [6.45, 7) is 5.26. The van der Waals surface area contributed by atoms with Crippen LogP contribution in [0.5, 0.6) is 0 Å². The van der Waals surface area contributed by atoms with Crippen LogP contribution in [0.1, 0.15) is 46.5 Å². The van der Waals surface area contributed by atoms with Gasteiger partial charge in [0, 0.05) is 5.88 Å². The first-order valence-corrected chi connectivity index (χ1v) is 4.71. The van der Waals surface area contributed by atoms with Gasteiger partial charge in [0.2, 0.25) is 0 Å². The molecular formula is C9H19ClO. The highest BCUT2D eigenvalue weighted by Crippen LogP contribution is 1.98. The number of ketones is 1. The molecule has 0 atom stereocenters. The molecular weight excluding hydrogens is 160 g/mol. The number of alkyl halides is 1. The number of unbranched alkanes of at least 4 members (excludes halogenated alkanes) is 3. The number of rotatable bonds is 4. The first kappa shape index (κ1) is 13.5. The smallest absolute Gasteiger partial charge is 0.126 e. The highest BCUT2D eigenvalue weighted by atomic mass is 35.5. The van der Waals surface area contributed by atoms with Crippen LogP contribution in [0.3, 0.4) is 0 Å². The van der Waals surface area contributed by atoms with Crippen molar-refractivity contribution >= 4 is 17.4 Å². The predicted molar refractivity (Wildman–Crippen MR) is 51.2 cm³/mol. The molecule has 68 valence electrons. The molecule has 0 bridgehead atoms. The third-order valence-corrected chi connectivity index (χ3v) is 1.25. The molecule has 0 saturated carbocycles. The third-order valence-electron chi connectivity index (χ3n) is 0.987. The molecule has 0 saturated heterocycles. The highest BCUT2D eigenvalue weighted by molar-refractivity contribution is 6.17. The topological polar surface area (TPSA) is 17.1 Å². The van der Waals surface area contributed by atoms with Crippen molar-refractivity contribution in [2.45, 2.75) is 46.5 Å². The lowest BCUT2D eigenvalue weighted by Crippen LogP contribution is -1.74. The van der Waals surface area contributed by atoms with E-state index in [2.05, 4.69) is 6.92 Å². The van der Waals surface area contributed by atoms with Gasteiger partial charge in [-0.1, -0.05) is 26.2 Å². The zero-order valence-corrected chi connectivity index (χ0v) is 8.58. The van der Waals surface area contributed by atoms with Crippen LogP contribution >= 0.6 is 11.6 Å². The van der Waals surface area contributed by atoms with Gasteiger partial charge in [-0.05, 0) is 20.3 Å². The van der Waals surface area contributed by atoms with Gasteiger partial charge in [-0.25, -0.2) is 0 Å². The molecule has 0 aliphatic carbocycles. The first-order valence-electron chi connectivity index (χ1n) is 4.18. The zero-order valence-electron chi connectivity index (χ0n) is 7.82. The molecule has 0 unspecified atom stereocenters. The van der Waals surface area contributed by atoms with E-state index in [1.165, 1.54) is 39.5 Å². The summed E-state index contributed by atoms with van der Waals surface area (Å²) in [5.41, 5.74) is 0. The predicted octanol–water partition coefficient (Wildman–Crippen LogP) is 3.40. The zero-order chi connectivity index (χ0) is 9.11. The molecule has 0 amide bonds. The summed E-state index contributed by atoms with van der Waals surface area (Å²) in [4.78, 5) is 9.44. The maximum Gasteiger partial charge on any atom is 0.126 e. The van der Waals surface area contributed by atoms with Gasteiger partial charge in [0.15, 0.2) is 0 Å². The van der Waals surface area contributed by atoms with Crippen molar-refractivity contribution in [2.75, 3.05) is 5.88 Å². The van der Waals surface area contributed by atoms with E-state index < -0.39 is 0 Å². The Morgan fingerprint density at radius 1 is 1.18 bits per heavy atom. The molecule has 0 aliphatic heterocycles. The molecule has 0 aromatic rings. The summed E-state index contributed by atoms with van der Waals surface area (Å²) >= 11 is 5.44. The van der Waals surface area contributed by atoms with Crippen LogP contribution in [-0.4, -0.2) is 11.7 Å². The minimum Gasteiger partial charge on any atom is -0.300 e. The van der Waals surface area contributed by atoms with Gasteiger partial charge in [0.1, 0.15) is 5.78 Å². The van der Waals surface area contributed by atoms with E-state index in [9.17, 15) is 4.79 Å². The van der Waals surface area contributed by atoms with Crippen molar-refractivity contribution < 1.29 is 4.79 Å². The molecule has 0 N–H and O–H groups in total. The van der Waals surface area contributed by atoms with Crippen molar-refractivity contribution in [3.05, 3.63) is 0 Å². The SMILES string of the molecule is CC(C)=O.CCCCCCCl. The number of carbonyl (C=O) groups is 1. The molecule has 2 heteroatoms. The van der Waals surface area contributed by atoms with E-state index in [-0.39, 0.29) is 5.78 Å². The Morgan fingerprint density at radius 3 is 1.91 bits per heavy atom. The second-order valence-corrected chi connectivity index (χ2v) is 3.04. The van der Waals surface area contributed by atoms with Crippen LogP contribution in [-0.2, 0) is 4.79 Å². The Labute approximate surface area is 75.1 Å². The van der Waals surface area contributed by atoms with Gasteiger partial charge in [-0.3, -0.25) is 0 Å². The highest BCUT2D eigenvalue weighted by Gasteiger charge is 1.81. The Bertz CT molecular complexity index is 73.6. The number of hydrogen-bond acceptors (Lipinski definition) is 1. The summed E-state index contributed by atoms with van der Waals surface area (Å²) in [7, 11) is 0. The number of hydrogen-bond donors (Lipinski definition) is 0. The summed E-state index contributed by atoms with van der Waals surface area (Å²) < 4.78 is 0. The minimum absolute atomic E-state index is 0.167. The number of carbonyl (C=O) groups excluding carboxylic acids is 1. The van der Waals surface area contributed by atoms with Crippen molar-refractivity contribution in [2.24, 2.45) is 0 Å². The molecule has 0 aliphatic rings. The van der Waals surface area contributed by atoms with Gasteiger partial charge >= 0.3 is 0 Å². The maximum absolute atomic E-state index is 9.44. The molecule has 0 rings (SSSR count). The standard InChI is InChI=1S/C6H13Cl.C3H6O/c1-2-3-4-5-6-7;1-3(2)4/h2-6H2,1H3;1-2H3. The first-order chi connectivity index (χ1) is 5.15. The van der Waals surface area contributed by atoms with Crippen LogP contribution in [0.25, 0.3) is 0 Å². The molecule has 0 aromatic heterocycles. The lowest BCUT2D eigenvalue weighted by atomic mass is 10.2. The van der Waals surface area contributed by atoms with Crippen LogP contribution < -0.4 is 0 Å². The second-order valence-electron chi connectivity index (χ2n) is 2.66. The average molecular weight is 179 g/mol. The van der Waals surface area contributed by atoms with Gasteiger partial charge in [0.05, 0.1) is 0 Å². The van der Waals surface area contributed by atoms with Crippen LogP contribution in [0.2, 0.25) is 0 Å². The molecule has 0 fully saturated rings. The van der Waals surface area contributed by atoms with Crippen LogP contribution in [0.4, 0.5) is 0 Å². The molecule has 11 heavy (non-hydrogen) atoms. The Morgan fingerprint density at radius 2 is 1.64 bits per heavy atom. The molecule has 1 nitrogen and oxygen atoms in total. The molecule has 0 radical (unpaired) electrons. The van der Waals surface area contributed by atoms with Gasteiger partial charge in [0.25, 0.3) is 0 Å². The minimum atomic E-state index is 0.167. The van der Waals surface area contributed by atoms with E-state index in [4.69, 9.17) is 11.6 Å². The normalized spacial score (nSPS) is 8.36. The second kappa shape index (κ2) is 12.6. The third kappa shape index (κ3) is 40.2. The van der Waals surface area contributed by atoms with E-state index in [0.717, 1.165) is 5.88 Å². The lowest BCUT2D eigenvalue weighted by Gasteiger charge is -1.89. The summed E-state index contributed by atoms with van der Waals surface area (Å²) in [5, 5.41) is 0. The van der Waals surface area contributed by atoms with Gasteiger partial charge in [-0.2, -0.15) is 0 Å². The summed E-state index contributed by atoms with van der Waals surface area (Å²) in [5.74, 6) is 1.00. The van der Waals surface area contributed by atoms with E-state index in [1.54, 1.807) is 0 Å². The molecule has 0 aromatic carbocycles. The largest absolute Gasteiger partial charge is 0.300 e. The Balaban J connectivity index is 0. The van der Waals surface area contributed by atoms with E-state index >= 15 is 0 Å². The number of halogens is 1. The van der Waals surface area contributed by atoms with Gasteiger partial charge < -0.3 is 4.79 Å². The number of Topliss-reactive ketones (excluding diaryl/α,β-unsaturated/α-hetero) is 1. The fourth-order valence-electron chi connectivity index (χ4n) is 0.521. The van der Waals surface area contributed by atoms with Crippen LogP contribution in [0.15, 0.2) is 0 Å². The van der Waals surface area contributed by atoms with E-state index in [1.807, 2.05) is 0 Å². The molecule has 0 spiro atoms. The van der Waals surface area contributed by atoms with Crippen molar-refractivity contribution in [3.8, 4) is 0 Å². The maximum atomic E-state index is 9.44. The van der Waals surface area contributed by atoms with E-state index in [0.29, 0.717) is 0 Å². The molecule has 0 heterocycles. The lowest BCUT2D eigenvalue weighted by molar-refractivity contribution is -0.114. The van der Waals surface area contributed by atoms with Crippen molar-refractivity contribution in [1.29, 1.82) is 0 Å². The average Bonchev–Trinajstić information content (AvgIpc) is 1.88. The fourth-order valence-corrected chi connectivity index (χ4v) is 0.710. The van der Waals surface area contributed by atoms with Crippen molar-refractivity contribution in [1.82, 2.24) is 0 Å². The van der Waals surface area contributed by atoms with Gasteiger partial charge in [-0.15, -0.1) is 11.6 Å². The Kier molecular flexibility index (Phi) is 15.5. The summed E-state index contributed by atoms with van der Waals surface area (Å²) in [6, 6.07) is 0. The van der Waals surface area contributed by atoms with Crippen LogP contribution in [0, 0.1) is 0 Å².